The van der Waals surface area contributed by atoms with Gasteiger partial charge in [-0.15, -0.1) is 11.3 Å². The van der Waals surface area contributed by atoms with Gasteiger partial charge in [0.2, 0.25) is 0 Å². The maximum atomic E-state index is 10.7. The maximum absolute atomic E-state index is 10.7. The largest absolute Gasteiger partial charge is 0.390 e. The predicted octanol–water partition coefficient (Wildman–Crippen LogP) is 3.73. The number of aromatic nitrogens is 1. The van der Waals surface area contributed by atoms with Crippen LogP contribution in [0, 0.1) is 12.3 Å². The van der Waals surface area contributed by atoms with Gasteiger partial charge in [0, 0.05) is 24.1 Å². The average molecular weight is 297 g/mol. The van der Waals surface area contributed by atoms with Gasteiger partial charge in [0.25, 0.3) is 0 Å². The molecule has 1 fully saturated rings. The summed E-state index contributed by atoms with van der Waals surface area (Å²) in [7, 11) is 0. The van der Waals surface area contributed by atoms with Crippen LogP contribution in [0.4, 0.5) is 0 Å². The minimum Gasteiger partial charge on any atom is -0.390 e. The molecule has 1 atom stereocenters. The Morgan fingerprint density at radius 3 is 2.50 bits per heavy atom. The Morgan fingerprint density at radius 2 is 2.00 bits per heavy atom. The Hall–Kier alpha value is -0.450. The molecular formula is C16H27NO2S. The first-order valence-electron chi connectivity index (χ1n) is 7.60. The van der Waals surface area contributed by atoms with Crippen LogP contribution in [0.1, 0.15) is 57.2 Å². The summed E-state index contributed by atoms with van der Waals surface area (Å²) in [6.07, 6.45) is 4.27. The van der Waals surface area contributed by atoms with Crippen molar-refractivity contribution in [3.63, 3.8) is 0 Å². The van der Waals surface area contributed by atoms with Crippen LogP contribution in [0.15, 0.2) is 5.38 Å². The van der Waals surface area contributed by atoms with Crippen molar-refractivity contribution in [2.75, 3.05) is 6.61 Å². The molecular weight excluding hydrogens is 270 g/mol. The summed E-state index contributed by atoms with van der Waals surface area (Å²) in [5, 5.41) is 13.8. The number of aryl methyl sites for hydroxylation is 1. The first-order chi connectivity index (χ1) is 9.37. The molecule has 1 N–H and O–H groups in total. The lowest BCUT2D eigenvalue weighted by atomic mass is 9.68. The van der Waals surface area contributed by atoms with E-state index < -0.39 is 6.10 Å². The lowest BCUT2D eigenvalue weighted by Crippen LogP contribution is -2.50. The molecule has 1 aromatic heterocycles. The minimum atomic E-state index is -0.455. The lowest BCUT2D eigenvalue weighted by Gasteiger charge is -2.45. The Kier molecular flexibility index (Phi) is 4.88. The van der Waals surface area contributed by atoms with Crippen molar-refractivity contribution in [2.24, 2.45) is 5.41 Å². The van der Waals surface area contributed by atoms with Gasteiger partial charge in [0.05, 0.1) is 16.7 Å². The zero-order valence-corrected chi connectivity index (χ0v) is 13.9. The Morgan fingerprint density at radius 1 is 1.35 bits per heavy atom. The fourth-order valence-corrected chi connectivity index (χ4v) is 3.87. The van der Waals surface area contributed by atoms with Gasteiger partial charge in [-0.2, -0.15) is 0 Å². The predicted molar refractivity (Wildman–Crippen MR) is 83.2 cm³/mol. The van der Waals surface area contributed by atoms with E-state index in [2.05, 4.69) is 18.8 Å². The van der Waals surface area contributed by atoms with Gasteiger partial charge in [-0.25, -0.2) is 4.98 Å². The normalized spacial score (nSPS) is 22.6. The molecule has 1 aliphatic rings. The van der Waals surface area contributed by atoms with Gasteiger partial charge >= 0.3 is 0 Å². The molecule has 0 bridgehead atoms. The standard InChI is InChI=1S/C16H27NO2S/c1-5-19-16(8-6-15(3,4)7-9-16)13(18)10-14-17-12(2)11-20-14/h11,13,18H,5-10H2,1-4H3. The second kappa shape index (κ2) is 6.12. The molecule has 1 aromatic rings. The van der Waals surface area contributed by atoms with E-state index in [4.69, 9.17) is 4.74 Å². The van der Waals surface area contributed by atoms with E-state index in [-0.39, 0.29) is 5.60 Å². The molecule has 0 aromatic carbocycles. The smallest absolute Gasteiger partial charge is 0.0955 e. The quantitative estimate of drug-likeness (QED) is 0.900. The molecule has 0 amide bonds. The van der Waals surface area contributed by atoms with Crippen molar-refractivity contribution in [1.82, 2.24) is 4.98 Å². The molecule has 1 aliphatic carbocycles. The van der Waals surface area contributed by atoms with Crippen molar-refractivity contribution < 1.29 is 9.84 Å². The number of rotatable bonds is 5. The van der Waals surface area contributed by atoms with Crippen LogP contribution in [0.3, 0.4) is 0 Å². The highest BCUT2D eigenvalue weighted by molar-refractivity contribution is 7.09. The molecule has 114 valence electrons. The van der Waals surface area contributed by atoms with Crippen molar-refractivity contribution in [3.8, 4) is 0 Å². The van der Waals surface area contributed by atoms with E-state index >= 15 is 0 Å². The molecule has 0 radical (unpaired) electrons. The molecule has 20 heavy (non-hydrogen) atoms. The Bertz CT molecular complexity index is 431. The molecule has 1 heterocycles. The third kappa shape index (κ3) is 3.60. The van der Waals surface area contributed by atoms with Gasteiger partial charge in [0.15, 0.2) is 0 Å². The van der Waals surface area contributed by atoms with Crippen molar-refractivity contribution in [2.45, 2.75) is 71.5 Å². The lowest BCUT2D eigenvalue weighted by molar-refractivity contribution is -0.150. The van der Waals surface area contributed by atoms with Crippen LogP contribution < -0.4 is 0 Å². The monoisotopic (exact) mass is 297 g/mol. The van der Waals surface area contributed by atoms with Gasteiger partial charge < -0.3 is 9.84 Å². The zero-order chi connectivity index (χ0) is 14.8. The third-order valence-electron chi connectivity index (χ3n) is 4.52. The summed E-state index contributed by atoms with van der Waals surface area (Å²) in [5.74, 6) is 0. The SMILES string of the molecule is CCOC1(C(O)Cc2nc(C)cs2)CCC(C)(C)CC1. The van der Waals surface area contributed by atoms with Crippen molar-refractivity contribution in [3.05, 3.63) is 16.1 Å². The number of ether oxygens (including phenoxy) is 1. The van der Waals surface area contributed by atoms with Crippen LogP contribution in [0.25, 0.3) is 0 Å². The van der Waals surface area contributed by atoms with Gasteiger partial charge in [-0.05, 0) is 44.9 Å². The summed E-state index contributed by atoms with van der Waals surface area (Å²) < 4.78 is 6.03. The molecule has 2 rings (SSSR count). The molecule has 4 heteroatoms. The molecule has 1 unspecified atom stereocenters. The van der Waals surface area contributed by atoms with Gasteiger partial charge in [-0.3, -0.25) is 0 Å². The molecule has 0 saturated heterocycles. The molecule has 0 aliphatic heterocycles. The van der Waals surface area contributed by atoms with E-state index in [1.165, 1.54) is 0 Å². The Balaban J connectivity index is 2.07. The Labute approximate surface area is 126 Å². The van der Waals surface area contributed by atoms with Crippen molar-refractivity contribution >= 4 is 11.3 Å². The summed E-state index contributed by atoms with van der Waals surface area (Å²) in [6, 6.07) is 0. The summed E-state index contributed by atoms with van der Waals surface area (Å²) in [4.78, 5) is 4.47. The first kappa shape index (κ1) is 15.9. The summed E-state index contributed by atoms with van der Waals surface area (Å²) in [6.45, 7) is 9.28. The maximum Gasteiger partial charge on any atom is 0.0955 e. The number of nitrogens with zero attached hydrogens (tertiary/aromatic N) is 1. The average Bonchev–Trinajstić information content (AvgIpc) is 2.78. The minimum absolute atomic E-state index is 0.371. The zero-order valence-electron chi connectivity index (χ0n) is 13.1. The van der Waals surface area contributed by atoms with Crippen LogP contribution in [0.2, 0.25) is 0 Å². The van der Waals surface area contributed by atoms with Crippen LogP contribution in [0.5, 0.6) is 0 Å². The van der Waals surface area contributed by atoms with E-state index in [0.717, 1.165) is 36.4 Å². The third-order valence-corrected chi connectivity index (χ3v) is 5.51. The van der Waals surface area contributed by atoms with Gasteiger partial charge in [0.1, 0.15) is 0 Å². The van der Waals surface area contributed by atoms with Crippen LogP contribution in [-0.4, -0.2) is 28.4 Å². The fourth-order valence-electron chi connectivity index (χ4n) is 3.06. The highest BCUT2D eigenvalue weighted by atomic mass is 32.1. The van der Waals surface area contributed by atoms with E-state index in [0.29, 0.717) is 18.4 Å². The molecule has 3 nitrogen and oxygen atoms in total. The molecule has 1 saturated carbocycles. The van der Waals surface area contributed by atoms with Crippen molar-refractivity contribution in [1.29, 1.82) is 0 Å². The number of aliphatic hydroxyl groups excluding tert-OH is 1. The topological polar surface area (TPSA) is 42.4 Å². The number of hydrogen-bond acceptors (Lipinski definition) is 4. The molecule has 0 spiro atoms. The highest BCUT2D eigenvalue weighted by Gasteiger charge is 2.44. The highest BCUT2D eigenvalue weighted by Crippen LogP contribution is 2.44. The first-order valence-corrected chi connectivity index (χ1v) is 8.48. The van der Waals surface area contributed by atoms with Crippen LogP contribution in [-0.2, 0) is 11.2 Å². The second-order valence-electron chi connectivity index (χ2n) is 6.76. The van der Waals surface area contributed by atoms with Gasteiger partial charge in [-0.1, -0.05) is 13.8 Å². The number of thiazole rings is 1. The van der Waals surface area contributed by atoms with E-state index in [1.807, 2.05) is 19.2 Å². The summed E-state index contributed by atoms with van der Waals surface area (Å²) in [5.41, 5.74) is 1.04. The number of hydrogen-bond donors (Lipinski definition) is 1. The van der Waals surface area contributed by atoms with E-state index in [9.17, 15) is 5.11 Å². The fraction of sp³-hybridized carbons (Fsp3) is 0.812. The second-order valence-corrected chi connectivity index (χ2v) is 7.71. The summed E-state index contributed by atoms with van der Waals surface area (Å²) >= 11 is 1.63. The van der Waals surface area contributed by atoms with Crippen LogP contribution >= 0.6 is 11.3 Å². The van der Waals surface area contributed by atoms with E-state index in [1.54, 1.807) is 11.3 Å². The number of aliphatic hydroxyl groups is 1.